The van der Waals surface area contributed by atoms with E-state index in [0.29, 0.717) is 30.2 Å². The highest BCUT2D eigenvalue weighted by Gasteiger charge is 2.27. The molecule has 1 aliphatic heterocycles. The van der Waals surface area contributed by atoms with Crippen LogP contribution < -0.4 is 10.1 Å². The highest BCUT2D eigenvalue weighted by atomic mass is 16.5. The lowest BCUT2D eigenvalue weighted by molar-refractivity contribution is -0.120. The van der Waals surface area contributed by atoms with Crippen LogP contribution in [-0.2, 0) is 9.53 Å². The number of nitrogens with one attached hydrogen (secondary N) is 1. The van der Waals surface area contributed by atoms with Crippen LogP contribution in [-0.4, -0.2) is 74.7 Å². The molecule has 1 fully saturated rings. The monoisotopic (exact) mass is 445 g/mol. The van der Waals surface area contributed by atoms with Gasteiger partial charge in [0.25, 0.3) is 5.91 Å². The third kappa shape index (κ3) is 6.01. The first kappa shape index (κ1) is 24.5. The number of ether oxygens (including phenoxy) is 2. The van der Waals surface area contributed by atoms with E-state index in [-0.39, 0.29) is 35.8 Å². The lowest BCUT2D eigenvalue weighted by Crippen LogP contribution is -2.45. The third-order valence-corrected chi connectivity index (χ3v) is 7.00. The minimum absolute atomic E-state index is 0.0588. The maximum atomic E-state index is 13.2. The van der Waals surface area contributed by atoms with Crippen molar-refractivity contribution in [3.05, 3.63) is 23.8 Å². The number of nitrogens with zero attached hydrogens (tertiary/aromatic N) is 2. The van der Waals surface area contributed by atoms with Crippen molar-refractivity contribution >= 4 is 17.5 Å². The molecular formula is C25H39N3O4. The maximum Gasteiger partial charge on any atom is 0.257 e. The van der Waals surface area contributed by atoms with Crippen molar-refractivity contribution < 1.29 is 19.1 Å². The molecule has 0 spiro atoms. The first-order valence-electron chi connectivity index (χ1n) is 11.9. The van der Waals surface area contributed by atoms with Crippen molar-refractivity contribution in [1.82, 2.24) is 9.80 Å². The molecule has 178 valence electrons. The number of fused-ring (bicyclic) bond motifs is 1. The fourth-order valence-corrected chi connectivity index (χ4v) is 4.64. The predicted octanol–water partition coefficient (Wildman–Crippen LogP) is 3.64. The maximum absolute atomic E-state index is 13.2. The van der Waals surface area contributed by atoms with Crippen LogP contribution in [0.15, 0.2) is 18.2 Å². The molecule has 7 nitrogen and oxygen atoms in total. The quantitative estimate of drug-likeness (QED) is 0.769. The van der Waals surface area contributed by atoms with Crippen molar-refractivity contribution in [3.63, 3.8) is 0 Å². The molecule has 1 aliphatic carbocycles. The topological polar surface area (TPSA) is 71.1 Å². The van der Waals surface area contributed by atoms with E-state index in [0.717, 1.165) is 32.2 Å². The van der Waals surface area contributed by atoms with Crippen LogP contribution in [0.25, 0.3) is 0 Å². The summed E-state index contributed by atoms with van der Waals surface area (Å²) in [6.45, 7) is 6.05. The van der Waals surface area contributed by atoms with Crippen LogP contribution in [0.3, 0.4) is 0 Å². The number of rotatable bonds is 3. The van der Waals surface area contributed by atoms with E-state index in [2.05, 4.69) is 31.1 Å². The molecule has 32 heavy (non-hydrogen) atoms. The second-order valence-electron chi connectivity index (χ2n) is 9.57. The van der Waals surface area contributed by atoms with Crippen molar-refractivity contribution in [2.45, 2.75) is 58.1 Å². The van der Waals surface area contributed by atoms with Crippen molar-refractivity contribution in [1.29, 1.82) is 0 Å². The zero-order chi connectivity index (χ0) is 23.3. The van der Waals surface area contributed by atoms with Gasteiger partial charge in [0.2, 0.25) is 5.91 Å². The number of carbonyl (C=O) groups excluding carboxylic acids is 2. The number of likely N-dealkylation sites (N-methyl/N-ethyl adjacent to an activating group) is 2. The molecule has 0 radical (unpaired) electrons. The van der Waals surface area contributed by atoms with E-state index >= 15 is 0 Å². The molecule has 0 unspecified atom stereocenters. The van der Waals surface area contributed by atoms with E-state index in [9.17, 15) is 9.59 Å². The lowest BCUT2D eigenvalue weighted by Gasteiger charge is -2.34. The summed E-state index contributed by atoms with van der Waals surface area (Å²) in [5.41, 5.74) is 1.17. The zero-order valence-electron chi connectivity index (χ0n) is 20.2. The second-order valence-corrected chi connectivity index (χ2v) is 9.57. The van der Waals surface area contributed by atoms with Gasteiger partial charge in [-0.25, -0.2) is 0 Å². The molecule has 1 N–H and O–H groups in total. The minimum Gasteiger partial charge on any atom is -0.491 e. The molecule has 1 aromatic rings. The van der Waals surface area contributed by atoms with Crippen molar-refractivity contribution in [2.75, 3.05) is 46.2 Å². The zero-order valence-corrected chi connectivity index (χ0v) is 20.2. The third-order valence-electron chi connectivity index (χ3n) is 7.00. The van der Waals surface area contributed by atoms with Gasteiger partial charge in [-0.05, 0) is 44.9 Å². The molecule has 3 atom stereocenters. The van der Waals surface area contributed by atoms with Crippen molar-refractivity contribution in [3.8, 4) is 5.75 Å². The standard InChI is InChI=1S/C25H39N3O4/c1-17-14-27(3)18(2)16-32-22-13-20(26-24(29)19-9-7-6-8-10-19)11-12-21(22)25(30)28(4)15-23(17)31-5/h11-13,17-19,23H,6-10,14-16H2,1-5H3,(H,26,29)/t17-,18+,23-/m1/s1. The molecule has 1 saturated carbocycles. The second kappa shape index (κ2) is 11.1. The summed E-state index contributed by atoms with van der Waals surface area (Å²) < 4.78 is 11.9. The van der Waals surface area contributed by atoms with Gasteiger partial charge < -0.3 is 19.7 Å². The normalized spacial score (nSPS) is 26.5. The smallest absolute Gasteiger partial charge is 0.257 e. The Hall–Kier alpha value is -2.12. The van der Waals surface area contributed by atoms with Gasteiger partial charge >= 0.3 is 0 Å². The Morgan fingerprint density at radius 2 is 1.84 bits per heavy atom. The van der Waals surface area contributed by atoms with Gasteiger partial charge in [0.1, 0.15) is 12.4 Å². The van der Waals surface area contributed by atoms with Gasteiger partial charge in [-0.2, -0.15) is 0 Å². The highest BCUT2D eigenvalue weighted by molar-refractivity contribution is 5.98. The number of methoxy groups -OCH3 is 1. The molecule has 0 aromatic heterocycles. The van der Waals surface area contributed by atoms with E-state index in [1.807, 2.05) is 0 Å². The number of benzene rings is 1. The van der Waals surface area contributed by atoms with Gasteiger partial charge in [0.15, 0.2) is 0 Å². The number of anilines is 1. The van der Waals surface area contributed by atoms with Crippen LogP contribution in [0.4, 0.5) is 5.69 Å². The van der Waals surface area contributed by atoms with Gasteiger partial charge in [0, 0.05) is 51.0 Å². The molecule has 0 saturated heterocycles. The minimum atomic E-state index is -0.110. The van der Waals surface area contributed by atoms with Gasteiger partial charge in [-0.1, -0.05) is 26.2 Å². The molecule has 2 amide bonds. The first-order chi connectivity index (χ1) is 15.3. The lowest BCUT2D eigenvalue weighted by atomic mass is 9.88. The average Bonchev–Trinajstić information content (AvgIpc) is 2.80. The van der Waals surface area contributed by atoms with E-state index in [1.165, 1.54) is 6.42 Å². The number of hydrogen-bond acceptors (Lipinski definition) is 5. The van der Waals surface area contributed by atoms with Crippen LogP contribution in [0.1, 0.15) is 56.3 Å². The first-order valence-corrected chi connectivity index (χ1v) is 11.9. The summed E-state index contributed by atoms with van der Waals surface area (Å²) in [5.74, 6) is 0.789. The van der Waals surface area contributed by atoms with Crippen molar-refractivity contribution in [2.24, 2.45) is 11.8 Å². The Kier molecular flexibility index (Phi) is 8.54. The Bertz CT molecular complexity index is 793. The largest absolute Gasteiger partial charge is 0.491 e. The van der Waals surface area contributed by atoms with E-state index < -0.39 is 0 Å². The van der Waals surface area contributed by atoms with E-state index in [4.69, 9.17) is 9.47 Å². The molecule has 0 bridgehead atoms. The number of amides is 2. The Balaban J connectivity index is 1.84. The fourth-order valence-electron chi connectivity index (χ4n) is 4.64. The summed E-state index contributed by atoms with van der Waals surface area (Å²) in [4.78, 5) is 29.9. The summed E-state index contributed by atoms with van der Waals surface area (Å²) in [7, 11) is 5.58. The molecule has 2 aliphatic rings. The predicted molar refractivity (Wildman–Crippen MR) is 126 cm³/mol. The Morgan fingerprint density at radius 1 is 1.12 bits per heavy atom. The fraction of sp³-hybridized carbons (Fsp3) is 0.680. The summed E-state index contributed by atoms with van der Waals surface area (Å²) in [6, 6.07) is 5.51. The van der Waals surface area contributed by atoms with Crippen LogP contribution in [0.2, 0.25) is 0 Å². The van der Waals surface area contributed by atoms with Gasteiger partial charge in [-0.15, -0.1) is 0 Å². The van der Waals surface area contributed by atoms with Crippen LogP contribution >= 0.6 is 0 Å². The van der Waals surface area contributed by atoms with Crippen LogP contribution in [0, 0.1) is 11.8 Å². The highest BCUT2D eigenvalue weighted by Crippen LogP contribution is 2.29. The molecule has 1 aromatic carbocycles. The van der Waals surface area contributed by atoms with Gasteiger partial charge in [-0.3, -0.25) is 14.5 Å². The van der Waals surface area contributed by atoms with Crippen LogP contribution in [0.5, 0.6) is 5.75 Å². The molecular weight excluding hydrogens is 406 g/mol. The average molecular weight is 446 g/mol. The number of hydrogen-bond donors (Lipinski definition) is 1. The Labute approximate surface area is 192 Å². The number of carbonyl (C=O) groups is 2. The van der Waals surface area contributed by atoms with Gasteiger partial charge in [0.05, 0.1) is 11.7 Å². The molecule has 7 heteroatoms. The molecule has 3 rings (SSSR count). The summed E-state index contributed by atoms with van der Waals surface area (Å²) in [5, 5.41) is 3.04. The SMILES string of the molecule is CO[C@@H]1CN(C)C(=O)c2ccc(NC(=O)C3CCCCC3)cc2OC[C@H](C)N(C)C[C@H]1C. The summed E-state index contributed by atoms with van der Waals surface area (Å²) in [6.07, 6.45) is 5.26. The molecule has 1 heterocycles. The van der Waals surface area contributed by atoms with E-state index in [1.54, 1.807) is 37.3 Å². The summed E-state index contributed by atoms with van der Waals surface area (Å²) >= 11 is 0. The Morgan fingerprint density at radius 3 is 2.53 bits per heavy atom.